The molecule has 1 aromatic rings. The fourth-order valence-corrected chi connectivity index (χ4v) is 2.46. The summed E-state index contributed by atoms with van der Waals surface area (Å²) < 4.78 is 6.60. The van der Waals surface area contributed by atoms with Crippen LogP contribution in [0.2, 0.25) is 0 Å². The lowest BCUT2D eigenvalue weighted by Crippen LogP contribution is -2.15. The first-order valence-electron chi connectivity index (χ1n) is 4.76. The van der Waals surface area contributed by atoms with Crippen molar-refractivity contribution in [1.29, 1.82) is 0 Å². The first-order chi connectivity index (χ1) is 7.93. The van der Waals surface area contributed by atoms with Crippen LogP contribution in [0.15, 0.2) is 21.1 Å². The SMILES string of the molecule is COc1cc(NC(=O)CC(C)=O)c(Br)cc1Br. The van der Waals surface area contributed by atoms with E-state index in [4.69, 9.17) is 4.74 Å². The van der Waals surface area contributed by atoms with Gasteiger partial charge in [-0.25, -0.2) is 0 Å². The second kappa shape index (κ2) is 6.16. The third-order valence-corrected chi connectivity index (χ3v) is 3.20. The summed E-state index contributed by atoms with van der Waals surface area (Å²) in [6, 6.07) is 3.44. The van der Waals surface area contributed by atoms with Crippen LogP contribution in [-0.4, -0.2) is 18.8 Å². The quantitative estimate of drug-likeness (QED) is 0.835. The molecule has 0 unspecified atom stereocenters. The molecule has 1 rings (SSSR count). The molecule has 6 heteroatoms. The van der Waals surface area contributed by atoms with Crippen molar-refractivity contribution in [3.8, 4) is 5.75 Å². The lowest BCUT2D eigenvalue weighted by molar-refractivity contribution is -0.124. The zero-order chi connectivity index (χ0) is 13.0. The number of nitrogens with one attached hydrogen (secondary N) is 1. The van der Waals surface area contributed by atoms with Gasteiger partial charge in [0, 0.05) is 10.5 Å². The molecule has 0 bridgehead atoms. The standard InChI is InChI=1S/C11H11Br2NO3/c1-6(15)3-11(16)14-9-5-10(17-2)8(13)4-7(9)12/h4-5H,3H2,1-2H3,(H,14,16). The maximum absolute atomic E-state index is 11.5. The monoisotopic (exact) mass is 363 g/mol. The molecule has 0 heterocycles. The summed E-state index contributed by atoms with van der Waals surface area (Å²) in [4.78, 5) is 22.3. The molecular weight excluding hydrogens is 354 g/mol. The Bertz CT molecular complexity index is 460. The normalized spacial score (nSPS) is 9.88. The molecule has 0 saturated carbocycles. The number of hydrogen-bond donors (Lipinski definition) is 1. The lowest BCUT2D eigenvalue weighted by Gasteiger charge is -2.10. The summed E-state index contributed by atoms with van der Waals surface area (Å²) >= 11 is 6.65. The van der Waals surface area contributed by atoms with Gasteiger partial charge in [0.05, 0.1) is 23.7 Å². The van der Waals surface area contributed by atoms with Gasteiger partial charge in [-0.2, -0.15) is 0 Å². The summed E-state index contributed by atoms with van der Waals surface area (Å²) in [7, 11) is 1.54. The van der Waals surface area contributed by atoms with Crippen LogP contribution in [0.25, 0.3) is 0 Å². The fourth-order valence-electron chi connectivity index (χ4n) is 1.20. The topological polar surface area (TPSA) is 55.4 Å². The van der Waals surface area contributed by atoms with E-state index in [1.807, 2.05) is 0 Å². The van der Waals surface area contributed by atoms with Gasteiger partial charge in [-0.15, -0.1) is 0 Å². The zero-order valence-corrected chi connectivity index (χ0v) is 12.5. The molecule has 0 aliphatic heterocycles. The van der Waals surface area contributed by atoms with Crippen molar-refractivity contribution >= 4 is 49.2 Å². The van der Waals surface area contributed by atoms with E-state index in [-0.39, 0.29) is 18.1 Å². The van der Waals surface area contributed by atoms with Gasteiger partial charge in [-0.1, -0.05) is 0 Å². The molecule has 0 atom stereocenters. The number of methoxy groups -OCH3 is 1. The second-order valence-corrected chi connectivity index (χ2v) is 5.10. The predicted molar refractivity (Wildman–Crippen MR) is 72.3 cm³/mol. The molecule has 1 N–H and O–H groups in total. The van der Waals surface area contributed by atoms with Gasteiger partial charge in [0.15, 0.2) is 0 Å². The molecule has 92 valence electrons. The van der Waals surface area contributed by atoms with Crippen LogP contribution >= 0.6 is 31.9 Å². The smallest absolute Gasteiger partial charge is 0.231 e. The molecule has 4 nitrogen and oxygen atoms in total. The van der Waals surface area contributed by atoms with Crippen LogP contribution in [0, 0.1) is 0 Å². The second-order valence-electron chi connectivity index (χ2n) is 3.39. The highest BCUT2D eigenvalue weighted by Crippen LogP contribution is 2.34. The number of rotatable bonds is 4. The zero-order valence-electron chi connectivity index (χ0n) is 9.34. The molecule has 0 aliphatic rings. The number of hydrogen-bond acceptors (Lipinski definition) is 3. The number of carbonyl (C=O) groups excluding carboxylic acids is 2. The van der Waals surface area contributed by atoms with Crippen LogP contribution in [0.5, 0.6) is 5.75 Å². The maximum Gasteiger partial charge on any atom is 0.231 e. The summed E-state index contributed by atoms with van der Waals surface area (Å²) in [5.74, 6) is 0.0802. The average Bonchev–Trinajstić information content (AvgIpc) is 2.20. The van der Waals surface area contributed by atoms with E-state index in [0.717, 1.165) is 4.47 Å². The summed E-state index contributed by atoms with van der Waals surface area (Å²) in [6.07, 6.45) is -0.134. The third-order valence-electron chi connectivity index (χ3n) is 1.93. The van der Waals surface area contributed by atoms with Gasteiger partial charge in [-0.3, -0.25) is 9.59 Å². The number of ketones is 1. The van der Waals surface area contributed by atoms with E-state index < -0.39 is 0 Å². The highest BCUT2D eigenvalue weighted by molar-refractivity contribution is 9.11. The largest absolute Gasteiger partial charge is 0.495 e. The molecule has 0 spiro atoms. The number of halogens is 2. The Balaban J connectivity index is 2.91. The van der Waals surface area contributed by atoms with Crippen LogP contribution < -0.4 is 10.1 Å². The Morgan fingerprint density at radius 1 is 1.29 bits per heavy atom. The van der Waals surface area contributed by atoms with Crippen LogP contribution in [0.3, 0.4) is 0 Å². The number of amides is 1. The van der Waals surface area contributed by atoms with Gasteiger partial charge in [0.25, 0.3) is 0 Å². The number of anilines is 1. The van der Waals surface area contributed by atoms with E-state index in [1.54, 1.807) is 12.1 Å². The molecule has 0 aliphatic carbocycles. The highest BCUT2D eigenvalue weighted by Gasteiger charge is 2.11. The Morgan fingerprint density at radius 3 is 2.47 bits per heavy atom. The third kappa shape index (κ3) is 4.12. The van der Waals surface area contributed by atoms with Gasteiger partial charge in [0.1, 0.15) is 11.5 Å². The van der Waals surface area contributed by atoms with E-state index >= 15 is 0 Å². The van der Waals surface area contributed by atoms with Crippen molar-refractivity contribution in [2.24, 2.45) is 0 Å². The van der Waals surface area contributed by atoms with Gasteiger partial charge in [0.2, 0.25) is 5.91 Å². The van der Waals surface area contributed by atoms with Gasteiger partial charge >= 0.3 is 0 Å². The molecular formula is C11H11Br2NO3. The van der Waals surface area contributed by atoms with E-state index in [0.29, 0.717) is 15.9 Å². The van der Waals surface area contributed by atoms with Crippen LogP contribution in [0.1, 0.15) is 13.3 Å². The molecule has 0 saturated heterocycles. The summed E-state index contributed by atoms with van der Waals surface area (Å²) in [5.41, 5.74) is 0.566. The Labute approximate surface area is 116 Å². The molecule has 0 fully saturated rings. The molecule has 1 aromatic carbocycles. The van der Waals surface area contributed by atoms with Crippen molar-refractivity contribution < 1.29 is 14.3 Å². The van der Waals surface area contributed by atoms with Crippen molar-refractivity contribution in [3.63, 3.8) is 0 Å². The fraction of sp³-hybridized carbons (Fsp3) is 0.273. The van der Waals surface area contributed by atoms with Gasteiger partial charge < -0.3 is 10.1 Å². The van der Waals surface area contributed by atoms with E-state index in [9.17, 15) is 9.59 Å². The molecule has 0 aromatic heterocycles. The van der Waals surface area contributed by atoms with Crippen LogP contribution in [-0.2, 0) is 9.59 Å². The minimum absolute atomic E-state index is 0.134. The lowest BCUT2D eigenvalue weighted by atomic mass is 10.2. The van der Waals surface area contributed by atoms with Crippen molar-refractivity contribution in [2.75, 3.05) is 12.4 Å². The van der Waals surface area contributed by atoms with Crippen molar-refractivity contribution in [1.82, 2.24) is 0 Å². The van der Waals surface area contributed by atoms with Crippen molar-refractivity contribution in [3.05, 3.63) is 21.1 Å². The predicted octanol–water partition coefficient (Wildman–Crippen LogP) is 3.14. The molecule has 0 radical (unpaired) electrons. The van der Waals surface area contributed by atoms with Gasteiger partial charge in [-0.05, 0) is 44.8 Å². The minimum Gasteiger partial charge on any atom is -0.495 e. The number of benzene rings is 1. The highest BCUT2D eigenvalue weighted by atomic mass is 79.9. The number of ether oxygens (including phenoxy) is 1. The van der Waals surface area contributed by atoms with Crippen LogP contribution in [0.4, 0.5) is 5.69 Å². The average molecular weight is 365 g/mol. The Morgan fingerprint density at radius 2 is 1.94 bits per heavy atom. The van der Waals surface area contributed by atoms with E-state index in [2.05, 4.69) is 37.2 Å². The molecule has 1 amide bonds. The molecule has 17 heavy (non-hydrogen) atoms. The number of Topliss-reactive ketones (excluding diaryl/α,β-unsaturated/α-hetero) is 1. The Kier molecular flexibility index (Phi) is 5.14. The first kappa shape index (κ1) is 14.2. The maximum atomic E-state index is 11.5. The summed E-state index contributed by atoms with van der Waals surface area (Å²) in [5, 5.41) is 2.64. The minimum atomic E-state index is -0.345. The Hall–Kier alpha value is -0.880. The van der Waals surface area contributed by atoms with E-state index in [1.165, 1.54) is 14.0 Å². The van der Waals surface area contributed by atoms with Crippen molar-refractivity contribution in [2.45, 2.75) is 13.3 Å². The summed E-state index contributed by atoms with van der Waals surface area (Å²) in [6.45, 7) is 1.37. The first-order valence-corrected chi connectivity index (χ1v) is 6.35. The number of carbonyl (C=O) groups is 2.